The van der Waals surface area contributed by atoms with Crippen molar-refractivity contribution in [2.45, 2.75) is 33.4 Å². The van der Waals surface area contributed by atoms with E-state index in [4.69, 9.17) is 14.5 Å². The van der Waals surface area contributed by atoms with Gasteiger partial charge in [-0.3, -0.25) is 0 Å². The van der Waals surface area contributed by atoms with Crippen LogP contribution in [0.4, 0.5) is 0 Å². The number of rotatable bonds is 8. The number of likely N-dealkylation sites (tertiary alicyclic amines) is 1. The lowest BCUT2D eigenvalue weighted by Crippen LogP contribution is -2.40. The molecule has 0 radical (unpaired) electrons. The zero-order chi connectivity index (χ0) is 17.2. The number of benzene rings is 1. The fraction of sp³-hybridized carbons (Fsp3) is 0.632. The number of nitrogens with one attached hydrogen (secondary N) is 1. The molecule has 1 aromatic carbocycles. The number of guanidine groups is 1. The van der Waals surface area contributed by atoms with Crippen LogP contribution in [0.5, 0.6) is 0 Å². The van der Waals surface area contributed by atoms with Crippen LogP contribution in [-0.4, -0.2) is 50.8 Å². The minimum atomic E-state index is 0.608. The molecule has 2 rings (SSSR count). The van der Waals surface area contributed by atoms with Gasteiger partial charge < -0.3 is 19.7 Å². The van der Waals surface area contributed by atoms with Crippen molar-refractivity contribution in [3.05, 3.63) is 35.4 Å². The van der Waals surface area contributed by atoms with Gasteiger partial charge in [-0.25, -0.2) is 4.99 Å². The Labute approximate surface area is 146 Å². The lowest BCUT2D eigenvalue weighted by molar-refractivity contribution is 0.134. The number of methoxy groups -OCH3 is 1. The maximum absolute atomic E-state index is 5.43. The minimum absolute atomic E-state index is 0.608. The van der Waals surface area contributed by atoms with E-state index in [1.54, 1.807) is 7.11 Å². The third-order valence-electron chi connectivity index (χ3n) is 4.23. The third kappa shape index (κ3) is 5.80. The predicted molar refractivity (Wildman–Crippen MR) is 98.1 cm³/mol. The maximum atomic E-state index is 5.43. The van der Waals surface area contributed by atoms with Crippen molar-refractivity contribution in [2.24, 2.45) is 10.9 Å². The molecule has 1 unspecified atom stereocenters. The molecular formula is C19H31N3O2. The van der Waals surface area contributed by atoms with E-state index in [0.717, 1.165) is 38.8 Å². The van der Waals surface area contributed by atoms with Crippen LogP contribution in [-0.2, 0) is 22.6 Å². The Morgan fingerprint density at radius 2 is 2.00 bits per heavy atom. The molecule has 5 heteroatoms. The molecule has 0 aliphatic carbocycles. The van der Waals surface area contributed by atoms with E-state index in [-0.39, 0.29) is 0 Å². The molecular weight excluding hydrogens is 302 g/mol. The van der Waals surface area contributed by atoms with E-state index in [1.807, 2.05) is 6.92 Å². The summed E-state index contributed by atoms with van der Waals surface area (Å²) in [6.07, 6.45) is 1.17. The monoisotopic (exact) mass is 333 g/mol. The fourth-order valence-electron chi connectivity index (χ4n) is 2.95. The van der Waals surface area contributed by atoms with Crippen LogP contribution in [0.3, 0.4) is 0 Å². The summed E-state index contributed by atoms with van der Waals surface area (Å²) in [5.74, 6) is 1.62. The van der Waals surface area contributed by atoms with Gasteiger partial charge in [0.15, 0.2) is 5.96 Å². The molecule has 24 heavy (non-hydrogen) atoms. The topological polar surface area (TPSA) is 46.1 Å². The van der Waals surface area contributed by atoms with Crippen molar-refractivity contribution < 1.29 is 9.47 Å². The van der Waals surface area contributed by atoms with Gasteiger partial charge in [0.2, 0.25) is 0 Å². The first kappa shape index (κ1) is 18.7. The number of ether oxygens (including phenoxy) is 2. The molecule has 1 aliphatic heterocycles. The van der Waals surface area contributed by atoms with Gasteiger partial charge in [0.25, 0.3) is 0 Å². The summed E-state index contributed by atoms with van der Waals surface area (Å²) in [7, 11) is 1.77. The summed E-state index contributed by atoms with van der Waals surface area (Å²) in [5.41, 5.74) is 2.43. The molecule has 1 atom stereocenters. The smallest absolute Gasteiger partial charge is 0.194 e. The molecule has 0 bridgehead atoms. The van der Waals surface area contributed by atoms with Crippen molar-refractivity contribution in [1.82, 2.24) is 10.2 Å². The highest BCUT2D eigenvalue weighted by atomic mass is 16.5. The summed E-state index contributed by atoms with van der Waals surface area (Å²) in [4.78, 5) is 7.16. The van der Waals surface area contributed by atoms with Crippen molar-refractivity contribution in [2.75, 3.05) is 40.0 Å². The molecule has 0 spiro atoms. The van der Waals surface area contributed by atoms with E-state index < -0.39 is 0 Å². The molecule has 1 fully saturated rings. The fourth-order valence-corrected chi connectivity index (χ4v) is 2.95. The average Bonchev–Trinajstić information content (AvgIpc) is 3.06. The average molecular weight is 333 g/mol. The lowest BCUT2D eigenvalue weighted by Gasteiger charge is -2.21. The van der Waals surface area contributed by atoms with Crippen LogP contribution in [0.1, 0.15) is 31.4 Å². The van der Waals surface area contributed by atoms with Crippen molar-refractivity contribution in [1.29, 1.82) is 0 Å². The van der Waals surface area contributed by atoms with Crippen LogP contribution in [0.15, 0.2) is 29.3 Å². The quantitative estimate of drug-likeness (QED) is 0.587. The standard InChI is InChI=1S/C19H31N3O2/c1-4-20-19(22-11-10-18(13-22)14-23-3)21-12-16-6-8-17(9-7-16)15-24-5-2/h6-9,18H,4-5,10-15H2,1-3H3,(H,20,21). The first-order chi connectivity index (χ1) is 11.8. The molecule has 1 aliphatic rings. The van der Waals surface area contributed by atoms with Crippen molar-refractivity contribution in [3.63, 3.8) is 0 Å². The van der Waals surface area contributed by atoms with Gasteiger partial charge in [-0.1, -0.05) is 24.3 Å². The first-order valence-electron chi connectivity index (χ1n) is 8.94. The van der Waals surface area contributed by atoms with Crippen LogP contribution in [0.2, 0.25) is 0 Å². The summed E-state index contributed by atoms with van der Waals surface area (Å²) in [6, 6.07) is 8.52. The zero-order valence-corrected chi connectivity index (χ0v) is 15.3. The summed E-state index contributed by atoms with van der Waals surface area (Å²) in [6.45, 7) is 10.0. The number of nitrogens with zero attached hydrogens (tertiary/aromatic N) is 2. The van der Waals surface area contributed by atoms with E-state index in [9.17, 15) is 0 Å². The molecule has 134 valence electrons. The van der Waals surface area contributed by atoms with Gasteiger partial charge in [-0.05, 0) is 31.4 Å². The van der Waals surface area contributed by atoms with Gasteiger partial charge in [0.05, 0.1) is 19.8 Å². The lowest BCUT2D eigenvalue weighted by atomic mass is 10.1. The Morgan fingerprint density at radius 1 is 1.25 bits per heavy atom. The predicted octanol–water partition coefficient (Wildman–Crippen LogP) is 2.66. The van der Waals surface area contributed by atoms with E-state index in [2.05, 4.69) is 41.4 Å². The second kappa shape index (κ2) is 10.3. The van der Waals surface area contributed by atoms with E-state index in [0.29, 0.717) is 19.1 Å². The number of hydrogen-bond acceptors (Lipinski definition) is 3. The molecule has 0 amide bonds. The number of hydrogen-bond donors (Lipinski definition) is 1. The molecule has 1 aromatic rings. The highest BCUT2D eigenvalue weighted by Gasteiger charge is 2.24. The first-order valence-corrected chi connectivity index (χ1v) is 8.94. The van der Waals surface area contributed by atoms with Gasteiger partial charge in [0, 0.05) is 39.3 Å². The summed E-state index contributed by atoms with van der Waals surface area (Å²) in [5, 5.41) is 3.41. The van der Waals surface area contributed by atoms with Gasteiger partial charge in [-0.2, -0.15) is 0 Å². The van der Waals surface area contributed by atoms with Crippen LogP contribution >= 0.6 is 0 Å². The van der Waals surface area contributed by atoms with E-state index >= 15 is 0 Å². The van der Waals surface area contributed by atoms with Crippen LogP contribution in [0.25, 0.3) is 0 Å². The second-order valence-electron chi connectivity index (χ2n) is 6.18. The Hall–Kier alpha value is -1.59. The highest BCUT2D eigenvalue weighted by molar-refractivity contribution is 5.80. The molecule has 1 saturated heterocycles. The van der Waals surface area contributed by atoms with Gasteiger partial charge in [0.1, 0.15) is 0 Å². The molecule has 0 saturated carbocycles. The Morgan fingerprint density at radius 3 is 2.67 bits per heavy atom. The summed E-state index contributed by atoms with van der Waals surface area (Å²) < 4.78 is 10.7. The van der Waals surface area contributed by atoms with Crippen molar-refractivity contribution >= 4 is 5.96 Å². The van der Waals surface area contributed by atoms with Crippen LogP contribution < -0.4 is 5.32 Å². The molecule has 1 heterocycles. The van der Waals surface area contributed by atoms with Gasteiger partial charge in [-0.15, -0.1) is 0 Å². The number of aliphatic imine (C=N–C) groups is 1. The molecule has 0 aromatic heterocycles. The Kier molecular flexibility index (Phi) is 8.05. The molecule has 1 N–H and O–H groups in total. The largest absolute Gasteiger partial charge is 0.384 e. The van der Waals surface area contributed by atoms with E-state index in [1.165, 1.54) is 17.5 Å². The summed E-state index contributed by atoms with van der Waals surface area (Å²) >= 11 is 0. The van der Waals surface area contributed by atoms with Gasteiger partial charge >= 0.3 is 0 Å². The highest BCUT2D eigenvalue weighted by Crippen LogP contribution is 2.17. The molecule has 5 nitrogen and oxygen atoms in total. The zero-order valence-electron chi connectivity index (χ0n) is 15.3. The van der Waals surface area contributed by atoms with Crippen LogP contribution in [0, 0.1) is 5.92 Å². The van der Waals surface area contributed by atoms with Crippen molar-refractivity contribution in [3.8, 4) is 0 Å². The second-order valence-corrected chi connectivity index (χ2v) is 6.18. The SMILES string of the molecule is CCNC(=NCc1ccc(COCC)cc1)N1CCC(COC)C1. The maximum Gasteiger partial charge on any atom is 0.194 e. The third-order valence-corrected chi connectivity index (χ3v) is 4.23. The normalized spacial score (nSPS) is 18.2. The Balaban J connectivity index is 1.93. The minimum Gasteiger partial charge on any atom is -0.384 e. The Bertz CT molecular complexity index is 502.